The van der Waals surface area contributed by atoms with Crippen LogP contribution in [0.1, 0.15) is 147 Å². The maximum absolute atomic E-state index is 3.33. The third-order valence-electron chi connectivity index (χ3n) is 7.87. The van der Waals surface area contributed by atoms with Gasteiger partial charge in [0, 0.05) is 5.92 Å². The van der Waals surface area contributed by atoms with E-state index >= 15 is 0 Å². The lowest BCUT2D eigenvalue weighted by atomic mass is 9.84. The first-order chi connectivity index (χ1) is 17.3. The second kappa shape index (κ2) is 20.6. The highest BCUT2D eigenvalue weighted by Crippen LogP contribution is 2.29. The number of imidazole rings is 1. The van der Waals surface area contributed by atoms with Crippen LogP contribution in [0, 0.1) is 5.92 Å². The Morgan fingerprint density at radius 1 is 0.629 bits per heavy atom. The summed E-state index contributed by atoms with van der Waals surface area (Å²) in [6, 6.07) is 11.8. The van der Waals surface area contributed by atoms with Crippen molar-refractivity contribution in [3.63, 3.8) is 0 Å². The summed E-state index contributed by atoms with van der Waals surface area (Å²) < 4.78 is 2.49. The van der Waals surface area contributed by atoms with Crippen molar-refractivity contribution in [1.82, 2.24) is 4.98 Å². The molecule has 2 rings (SSSR count). The number of aromatic nitrogens is 2. The molecule has 35 heavy (non-hydrogen) atoms. The molecular formula is C33H57N2+. The van der Waals surface area contributed by atoms with Gasteiger partial charge in [-0.15, -0.1) is 0 Å². The molecule has 2 aromatic rings. The molecule has 2 nitrogen and oxygen atoms in total. The number of unbranched alkanes of at least 4 members (excludes halogenated alkanes) is 15. The van der Waals surface area contributed by atoms with E-state index in [0.29, 0.717) is 12.0 Å². The fraction of sp³-hybridized carbons (Fsp3) is 0.727. The zero-order chi connectivity index (χ0) is 24.8. The number of hydrogen-bond donors (Lipinski definition) is 1. The van der Waals surface area contributed by atoms with E-state index in [2.05, 4.69) is 72.5 Å². The summed E-state index contributed by atoms with van der Waals surface area (Å²) in [4.78, 5) is 3.33. The van der Waals surface area contributed by atoms with E-state index in [9.17, 15) is 0 Å². The molecule has 0 saturated carbocycles. The summed E-state index contributed by atoms with van der Waals surface area (Å²) in [6.07, 6.45) is 34.3. The first-order valence-corrected chi connectivity index (χ1v) is 15.4. The van der Waals surface area contributed by atoms with E-state index < -0.39 is 0 Å². The number of hydrogen-bond acceptors (Lipinski definition) is 0. The Kier molecular flexibility index (Phi) is 17.5. The molecule has 198 valence electrons. The molecule has 0 radical (unpaired) electrons. The molecule has 0 fully saturated rings. The number of nitrogens with zero attached hydrogens (tertiary/aromatic N) is 1. The van der Waals surface area contributed by atoms with Crippen LogP contribution < -0.4 is 4.57 Å². The molecule has 1 N–H and O–H groups in total. The van der Waals surface area contributed by atoms with Gasteiger partial charge < -0.3 is 0 Å². The van der Waals surface area contributed by atoms with Crippen LogP contribution in [0.2, 0.25) is 0 Å². The number of nitrogens with one attached hydrogen (secondary N) is 1. The molecule has 1 aromatic carbocycles. The topological polar surface area (TPSA) is 19.7 Å². The van der Waals surface area contributed by atoms with Gasteiger partial charge in [-0.2, -0.15) is 0 Å². The molecule has 0 aliphatic rings. The standard InChI is InChI=1S/C33H56N2/c1-3-5-7-9-11-13-14-16-21-25-32(29-31-23-19-18-20-24-31)33(35-28-27-34-30-35)26-22-17-15-12-10-8-6-4-2/h18-20,23-24,27-28,30,32-33H,3-17,21-22,25-26,29H2,1-2H3/p+1. The van der Waals surface area contributed by atoms with Crippen molar-refractivity contribution < 1.29 is 4.57 Å². The highest BCUT2D eigenvalue weighted by Gasteiger charge is 2.26. The normalized spacial score (nSPS) is 13.2. The fourth-order valence-electron chi connectivity index (χ4n) is 5.69. The van der Waals surface area contributed by atoms with Crippen LogP contribution in [0.5, 0.6) is 0 Å². The van der Waals surface area contributed by atoms with Gasteiger partial charge in [-0.25, -0.2) is 4.57 Å². The van der Waals surface area contributed by atoms with Crippen molar-refractivity contribution >= 4 is 0 Å². The zero-order valence-electron chi connectivity index (χ0n) is 23.4. The first-order valence-electron chi connectivity index (χ1n) is 15.4. The molecule has 1 aromatic heterocycles. The Labute approximate surface area is 218 Å². The van der Waals surface area contributed by atoms with Gasteiger partial charge in [0.2, 0.25) is 6.33 Å². The Morgan fingerprint density at radius 3 is 1.66 bits per heavy atom. The predicted octanol–water partition coefficient (Wildman–Crippen LogP) is 10.2. The van der Waals surface area contributed by atoms with E-state index in [1.54, 1.807) is 0 Å². The molecule has 1 heterocycles. The van der Waals surface area contributed by atoms with Crippen LogP contribution in [0.4, 0.5) is 0 Å². The number of rotatable bonds is 23. The molecule has 2 atom stereocenters. The quantitative estimate of drug-likeness (QED) is 0.120. The minimum absolute atomic E-state index is 0.607. The summed E-state index contributed by atoms with van der Waals surface area (Å²) in [5.74, 6) is 0.715. The molecular weight excluding hydrogens is 424 g/mol. The third kappa shape index (κ3) is 13.9. The van der Waals surface area contributed by atoms with E-state index in [0.717, 1.165) is 0 Å². The fourth-order valence-corrected chi connectivity index (χ4v) is 5.69. The largest absolute Gasteiger partial charge is 0.250 e. The maximum atomic E-state index is 3.33. The molecule has 2 heteroatoms. The van der Waals surface area contributed by atoms with Gasteiger partial charge in [0.1, 0.15) is 18.4 Å². The second-order valence-electron chi connectivity index (χ2n) is 11.0. The van der Waals surface area contributed by atoms with Gasteiger partial charge in [-0.1, -0.05) is 147 Å². The lowest BCUT2D eigenvalue weighted by Gasteiger charge is -2.25. The first kappa shape index (κ1) is 29.7. The van der Waals surface area contributed by atoms with E-state index in [4.69, 9.17) is 0 Å². The average molecular weight is 482 g/mol. The van der Waals surface area contributed by atoms with Gasteiger partial charge in [-0.3, -0.25) is 4.98 Å². The number of H-pyrrole nitrogens is 1. The molecule has 0 saturated heterocycles. The van der Waals surface area contributed by atoms with Crippen LogP contribution in [0.15, 0.2) is 49.1 Å². The monoisotopic (exact) mass is 481 g/mol. The van der Waals surface area contributed by atoms with Gasteiger partial charge in [0.25, 0.3) is 0 Å². The van der Waals surface area contributed by atoms with Crippen LogP contribution in [-0.4, -0.2) is 4.98 Å². The number of benzene rings is 1. The van der Waals surface area contributed by atoms with Crippen LogP contribution in [-0.2, 0) is 6.42 Å². The molecule has 0 aliphatic carbocycles. The Balaban J connectivity index is 1.85. The Bertz CT molecular complexity index is 678. The summed E-state index contributed by atoms with van der Waals surface area (Å²) in [5, 5.41) is 0. The number of aromatic amines is 1. The Hall–Kier alpha value is -1.57. The van der Waals surface area contributed by atoms with Crippen LogP contribution in [0.25, 0.3) is 0 Å². The molecule has 2 unspecified atom stereocenters. The van der Waals surface area contributed by atoms with Gasteiger partial charge in [0.15, 0.2) is 0 Å². The van der Waals surface area contributed by atoms with Crippen molar-refractivity contribution in [1.29, 1.82) is 0 Å². The predicted molar refractivity (Wildman–Crippen MR) is 153 cm³/mol. The summed E-state index contributed by atoms with van der Waals surface area (Å²) in [6.45, 7) is 4.61. The van der Waals surface area contributed by atoms with Crippen molar-refractivity contribution in [2.24, 2.45) is 5.92 Å². The summed E-state index contributed by atoms with van der Waals surface area (Å²) in [5.41, 5.74) is 1.51. The maximum Gasteiger partial charge on any atom is 0.241 e. The van der Waals surface area contributed by atoms with Crippen molar-refractivity contribution in [3.05, 3.63) is 54.6 Å². The Morgan fingerprint density at radius 2 is 1.14 bits per heavy atom. The molecule has 0 amide bonds. The van der Waals surface area contributed by atoms with E-state index in [-0.39, 0.29) is 0 Å². The highest BCUT2D eigenvalue weighted by molar-refractivity contribution is 5.15. The minimum atomic E-state index is 0.607. The molecule has 0 spiro atoms. The zero-order valence-corrected chi connectivity index (χ0v) is 23.4. The van der Waals surface area contributed by atoms with Gasteiger partial charge in [0.05, 0.1) is 0 Å². The van der Waals surface area contributed by atoms with Crippen molar-refractivity contribution in [2.75, 3.05) is 0 Å². The van der Waals surface area contributed by atoms with Crippen molar-refractivity contribution in [2.45, 2.75) is 148 Å². The third-order valence-corrected chi connectivity index (χ3v) is 7.87. The smallest absolute Gasteiger partial charge is 0.241 e. The van der Waals surface area contributed by atoms with E-state index in [1.807, 2.05) is 0 Å². The summed E-state index contributed by atoms with van der Waals surface area (Å²) >= 11 is 0. The molecule has 0 aliphatic heterocycles. The van der Waals surface area contributed by atoms with Gasteiger partial charge in [-0.05, 0) is 31.2 Å². The lowest BCUT2D eigenvalue weighted by Crippen LogP contribution is -2.42. The second-order valence-corrected chi connectivity index (χ2v) is 11.0. The van der Waals surface area contributed by atoms with E-state index in [1.165, 1.54) is 134 Å². The highest BCUT2D eigenvalue weighted by atomic mass is 15.1. The molecule has 0 bridgehead atoms. The van der Waals surface area contributed by atoms with Crippen LogP contribution in [0.3, 0.4) is 0 Å². The van der Waals surface area contributed by atoms with Crippen LogP contribution >= 0.6 is 0 Å². The van der Waals surface area contributed by atoms with Gasteiger partial charge >= 0.3 is 0 Å². The SMILES string of the molecule is CCCCCCCCCCCC(Cc1ccccc1)C(CCCCCCCCCC)[n+]1cc[nH]c1. The average Bonchev–Trinajstić information content (AvgIpc) is 3.41. The lowest BCUT2D eigenvalue weighted by molar-refractivity contribution is -0.730. The van der Waals surface area contributed by atoms with Crippen molar-refractivity contribution in [3.8, 4) is 0 Å². The summed E-state index contributed by atoms with van der Waals surface area (Å²) in [7, 11) is 0. The minimum Gasteiger partial charge on any atom is -0.250 e.